The van der Waals surface area contributed by atoms with Gasteiger partial charge in [0.15, 0.2) is 0 Å². The molecule has 0 saturated carbocycles. The third-order valence-corrected chi connectivity index (χ3v) is 5.17. The van der Waals surface area contributed by atoms with Gasteiger partial charge in [0.05, 0.1) is 11.4 Å². The standard InChI is InChI=1S/C15H23N3O3S/c1-3-11-22(20,21)16-14-5-4-6-15(12-14)18-9-7-17(8-10-18)13(2)19/h4-6,12,16H,3,7-11H2,1-2H3. The SMILES string of the molecule is CCCS(=O)(=O)Nc1cccc(N2CCN(C(C)=O)CC2)c1. The van der Waals surface area contributed by atoms with Crippen molar-refractivity contribution in [1.82, 2.24) is 4.90 Å². The summed E-state index contributed by atoms with van der Waals surface area (Å²) in [7, 11) is -3.27. The lowest BCUT2D eigenvalue weighted by Crippen LogP contribution is -2.48. The predicted molar refractivity (Wildman–Crippen MR) is 88.6 cm³/mol. The van der Waals surface area contributed by atoms with Crippen molar-refractivity contribution in [3.8, 4) is 0 Å². The van der Waals surface area contributed by atoms with Crippen LogP contribution in [-0.4, -0.2) is 51.2 Å². The number of hydrogen-bond acceptors (Lipinski definition) is 4. The zero-order chi connectivity index (χ0) is 16.2. The molecule has 1 fully saturated rings. The molecule has 1 heterocycles. The number of nitrogens with one attached hydrogen (secondary N) is 1. The van der Waals surface area contributed by atoms with E-state index < -0.39 is 10.0 Å². The highest BCUT2D eigenvalue weighted by atomic mass is 32.2. The molecule has 6 nitrogen and oxygen atoms in total. The van der Waals surface area contributed by atoms with Crippen LogP contribution in [0, 0.1) is 0 Å². The highest BCUT2D eigenvalue weighted by Gasteiger charge is 2.19. The number of benzene rings is 1. The number of piperazine rings is 1. The van der Waals surface area contributed by atoms with Gasteiger partial charge in [-0.3, -0.25) is 9.52 Å². The molecule has 22 heavy (non-hydrogen) atoms. The predicted octanol–water partition coefficient (Wildman–Crippen LogP) is 1.51. The summed E-state index contributed by atoms with van der Waals surface area (Å²) in [6, 6.07) is 7.40. The maximum Gasteiger partial charge on any atom is 0.232 e. The van der Waals surface area contributed by atoms with Gasteiger partial charge in [0.2, 0.25) is 15.9 Å². The second-order valence-electron chi connectivity index (χ2n) is 5.46. The molecular formula is C15H23N3O3S. The third-order valence-electron chi connectivity index (χ3n) is 3.68. The molecule has 1 aliphatic heterocycles. The summed E-state index contributed by atoms with van der Waals surface area (Å²) in [5.74, 6) is 0.217. The van der Waals surface area contributed by atoms with E-state index in [0.29, 0.717) is 25.2 Å². The Labute approximate surface area is 132 Å². The molecule has 1 aromatic rings. The van der Waals surface area contributed by atoms with Crippen LogP contribution in [-0.2, 0) is 14.8 Å². The number of hydrogen-bond donors (Lipinski definition) is 1. The Morgan fingerprint density at radius 1 is 1.23 bits per heavy atom. The van der Waals surface area contributed by atoms with Gasteiger partial charge in [-0.25, -0.2) is 8.42 Å². The van der Waals surface area contributed by atoms with Gasteiger partial charge in [-0.05, 0) is 24.6 Å². The van der Waals surface area contributed by atoms with Gasteiger partial charge in [-0.15, -0.1) is 0 Å². The molecule has 1 aromatic carbocycles. The van der Waals surface area contributed by atoms with Gasteiger partial charge < -0.3 is 9.80 Å². The zero-order valence-electron chi connectivity index (χ0n) is 13.1. The smallest absolute Gasteiger partial charge is 0.232 e. The molecule has 0 spiro atoms. The summed E-state index contributed by atoms with van der Waals surface area (Å²) in [5.41, 5.74) is 1.56. The molecule has 0 bridgehead atoms. The fraction of sp³-hybridized carbons (Fsp3) is 0.533. The summed E-state index contributed by atoms with van der Waals surface area (Å²) in [5, 5.41) is 0. The molecule has 0 unspecified atom stereocenters. The maximum absolute atomic E-state index is 11.8. The van der Waals surface area contributed by atoms with E-state index in [0.717, 1.165) is 18.8 Å². The molecule has 0 aromatic heterocycles. The van der Waals surface area contributed by atoms with E-state index in [1.54, 1.807) is 13.0 Å². The molecule has 1 amide bonds. The Kier molecular flexibility index (Phi) is 5.28. The van der Waals surface area contributed by atoms with Crippen molar-refractivity contribution in [2.45, 2.75) is 20.3 Å². The minimum absolute atomic E-state index is 0.0979. The van der Waals surface area contributed by atoms with Crippen LogP contribution in [0.4, 0.5) is 11.4 Å². The summed E-state index contributed by atoms with van der Waals surface area (Å²) < 4.78 is 26.3. The van der Waals surface area contributed by atoms with E-state index >= 15 is 0 Å². The largest absolute Gasteiger partial charge is 0.368 e. The van der Waals surface area contributed by atoms with Crippen LogP contribution in [0.3, 0.4) is 0 Å². The van der Waals surface area contributed by atoms with E-state index in [1.807, 2.05) is 30.0 Å². The Morgan fingerprint density at radius 3 is 2.50 bits per heavy atom. The van der Waals surface area contributed by atoms with Gasteiger partial charge in [0, 0.05) is 38.8 Å². The average molecular weight is 325 g/mol. The molecule has 0 atom stereocenters. The topological polar surface area (TPSA) is 69.7 Å². The second-order valence-corrected chi connectivity index (χ2v) is 7.31. The summed E-state index contributed by atoms with van der Waals surface area (Å²) in [6.45, 7) is 6.32. The van der Waals surface area contributed by atoms with E-state index in [4.69, 9.17) is 0 Å². The first-order chi connectivity index (χ1) is 10.4. The van der Waals surface area contributed by atoms with Crippen LogP contribution < -0.4 is 9.62 Å². The van der Waals surface area contributed by atoms with Crippen molar-refractivity contribution in [3.05, 3.63) is 24.3 Å². The van der Waals surface area contributed by atoms with Crippen molar-refractivity contribution in [2.75, 3.05) is 41.6 Å². The van der Waals surface area contributed by atoms with Crippen LogP contribution in [0.5, 0.6) is 0 Å². The lowest BCUT2D eigenvalue weighted by molar-refractivity contribution is -0.129. The fourth-order valence-electron chi connectivity index (χ4n) is 2.54. The number of carbonyl (C=O) groups is 1. The Hall–Kier alpha value is -1.76. The lowest BCUT2D eigenvalue weighted by atomic mass is 10.2. The van der Waals surface area contributed by atoms with E-state index in [9.17, 15) is 13.2 Å². The first-order valence-electron chi connectivity index (χ1n) is 7.52. The second kappa shape index (κ2) is 7.00. The average Bonchev–Trinajstić information content (AvgIpc) is 2.47. The fourth-order valence-corrected chi connectivity index (χ4v) is 3.67. The first kappa shape index (κ1) is 16.6. The maximum atomic E-state index is 11.8. The van der Waals surface area contributed by atoms with E-state index in [1.165, 1.54) is 0 Å². The van der Waals surface area contributed by atoms with Gasteiger partial charge >= 0.3 is 0 Å². The molecule has 0 aliphatic carbocycles. The molecule has 0 radical (unpaired) electrons. The Morgan fingerprint density at radius 2 is 1.91 bits per heavy atom. The van der Waals surface area contributed by atoms with Crippen molar-refractivity contribution < 1.29 is 13.2 Å². The van der Waals surface area contributed by atoms with Crippen molar-refractivity contribution >= 4 is 27.3 Å². The molecule has 1 aliphatic rings. The number of sulfonamides is 1. The summed E-state index contributed by atoms with van der Waals surface area (Å²) >= 11 is 0. The van der Waals surface area contributed by atoms with Crippen LogP contribution in [0.25, 0.3) is 0 Å². The first-order valence-corrected chi connectivity index (χ1v) is 9.17. The lowest BCUT2D eigenvalue weighted by Gasteiger charge is -2.35. The van der Waals surface area contributed by atoms with Crippen molar-refractivity contribution in [1.29, 1.82) is 0 Å². The zero-order valence-corrected chi connectivity index (χ0v) is 13.9. The minimum atomic E-state index is -3.27. The van der Waals surface area contributed by atoms with Crippen LogP contribution in [0.1, 0.15) is 20.3 Å². The molecule has 7 heteroatoms. The van der Waals surface area contributed by atoms with Crippen molar-refractivity contribution in [2.24, 2.45) is 0 Å². The quantitative estimate of drug-likeness (QED) is 0.891. The highest BCUT2D eigenvalue weighted by Crippen LogP contribution is 2.21. The highest BCUT2D eigenvalue weighted by molar-refractivity contribution is 7.92. The third kappa shape index (κ3) is 4.37. The molecule has 1 saturated heterocycles. The van der Waals surface area contributed by atoms with Gasteiger partial charge in [-0.2, -0.15) is 0 Å². The monoisotopic (exact) mass is 325 g/mol. The van der Waals surface area contributed by atoms with Crippen LogP contribution in [0.15, 0.2) is 24.3 Å². The normalized spacial score (nSPS) is 15.7. The molecule has 1 N–H and O–H groups in total. The molecular weight excluding hydrogens is 302 g/mol. The summed E-state index contributed by atoms with van der Waals surface area (Å²) in [6.07, 6.45) is 0.585. The number of anilines is 2. The van der Waals surface area contributed by atoms with Crippen LogP contribution in [0.2, 0.25) is 0 Å². The van der Waals surface area contributed by atoms with Gasteiger partial charge in [0.1, 0.15) is 0 Å². The Bertz CT molecular complexity index is 623. The number of nitrogens with zero attached hydrogens (tertiary/aromatic N) is 2. The van der Waals surface area contributed by atoms with E-state index in [-0.39, 0.29) is 11.7 Å². The van der Waals surface area contributed by atoms with Crippen LogP contribution >= 0.6 is 0 Å². The van der Waals surface area contributed by atoms with Crippen molar-refractivity contribution in [3.63, 3.8) is 0 Å². The van der Waals surface area contributed by atoms with E-state index in [2.05, 4.69) is 9.62 Å². The van der Waals surface area contributed by atoms with Gasteiger partial charge in [-0.1, -0.05) is 13.0 Å². The minimum Gasteiger partial charge on any atom is -0.368 e. The Balaban J connectivity index is 2.05. The number of amides is 1. The number of carbonyl (C=O) groups excluding carboxylic acids is 1. The molecule has 122 valence electrons. The summed E-state index contributed by atoms with van der Waals surface area (Å²) in [4.78, 5) is 15.3. The molecule has 2 rings (SSSR count). The van der Waals surface area contributed by atoms with Gasteiger partial charge in [0.25, 0.3) is 0 Å². The number of rotatable bonds is 5.